The summed E-state index contributed by atoms with van der Waals surface area (Å²) in [7, 11) is 0. The quantitative estimate of drug-likeness (QED) is 0.188. The summed E-state index contributed by atoms with van der Waals surface area (Å²) < 4.78 is 16.7. The summed E-state index contributed by atoms with van der Waals surface area (Å²) in [4.78, 5) is 25.0. The molecule has 5 heteroatoms. The Bertz CT molecular complexity index is 1400. The molecule has 0 aliphatic carbocycles. The van der Waals surface area contributed by atoms with Crippen molar-refractivity contribution in [2.45, 2.75) is 33.1 Å². The van der Waals surface area contributed by atoms with Crippen LogP contribution in [0.5, 0.6) is 17.2 Å². The maximum Gasteiger partial charge on any atom is 0.336 e. The molecule has 1 aromatic heterocycles. The molecule has 0 aliphatic rings. The van der Waals surface area contributed by atoms with Crippen LogP contribution in [0.2, 0.25) is 0 Å². The van der Waals surface area contributed by atoms with Crippen LogP contribution in [0.4, 0.5) is 0 Å². The van der Waals surface area contributed by atoms with Crippen molar-refractivity contribution in [1.29, 1.82) is 0 Å². The second-order valence-corrected chi connectivity index (χ2v) is 9.13. The number of hydrogen-bond acceptors (Lipinski definition) is 5. The number of ether oxygens (including phenoxy) is 2. The number of carbonyl (C=O) groups is 1. The molecular formula is C29H26O5. The van der Waals surface area contributed by atoms with E-state index in [1.807, 2.05) is 55.5 Å². The fourth-order valence-electron chi connectivity index (χ4n) is 3.37. The summed E-state index contributed by atoms with van der Waals surface area (Å²) in [6, 6.07) is 20.0. The van der Waals surface area contributed by atoms with E-state index in [-0.39, 0.29) is 22.3 Å². The molecule has 172 valence electrons. The van der Waals surface area contributed by atoms with Gasteiger partial charge in [-0.15, -0.1) is 0 Å². The second kappa shape index (κ2) is 9.40. The highest BCUT2D eigenvalue weighted by Crippen LogP contribution is 2.27. The standard InChI is InChI=1S/C29H26O5/c1-19-5-7-20(8-6-19)9-16-27(30)34-23-14-15-24-25(17-23)32-18-26(28(24)31)33-22-12-10-21(11-13-22)29(2,3)4/h5-18H,1-4H3/b16-9+. The van der Waals surface area contributed by atoms with Crippen LogP contribution < -0.4 is 14.9 Å². The largest absolute Gasteiger partial charge is 0.460 e. The summed E-state index contributed by atoms with van der Waals surface area (Å²) >= 11 is 0. The second-order valence-electron chi connectivity index (χ2n) is 9.13. The number of carbonyl (C=O) groups excluding carboxylic acids is 1. The lowest BCUT2D eigenvalue weighted by atomic mass is 9.87. The number of benzene rings is 3. The Hall–Kier alpha value is -4.12. The van der Waals surface area contributed by atoms with Crippen molar-refractivity contribution in [3.63, 3.8) is 0 Å². The Kier molecular flexibility index (Phi) is 6.37. The summed E-state index contributed by atoms with van der Waals surface area (Å²) in [6.07, 6.45) is 4.30. The summed E-state index contributed by atoms with van der Waals surface area (Å²) in [6.45, 7) is 8.39. The van der Waals surface area contributed by atoms with Crippen molar-refractivity contribution in [3.8, 4) is 17.2 Å². The number of fused-ring (bicyclic) bond motifs is 1. The fraction of sp³-hybridized carbons (Fsp3) is 0.172. The number of rotatable bonds is 5. The predicted octanol–water partition coefficient (Wildman–Crippen LogP) is 6.81. The van der Waals surface area contributed by atoms with Gasteiger partial charge in [-0.05, 0) is 53.8 Å². The van der Waals surface area contributed by atoms with Crippen molar-refractivity contribution in [2.75, 3.05) is 0 Å². The van der Waals surface area contributed by atoms with Crippen LogP contribution in [0.3, 0.4) is 0 Å². The third-order valence-electron chi connectivity index (χ3n) is 5.37. The molecule has 0 atom stereocenters. The average molecular weight is 455 g/mol. The molecule has 0 N–H and O–H groups in total. The van der Waals surface area contributed by atoms with E-state index in [0.717, 1.165) is 11.1 Å². The van der Waals surface area contributed by atoms with Gasteiger partial charge in [0.1, 0.15) is 23.3 Å². The van der Waals surface area contributed by atoms with Crippen LogP contribution >= 0.6 is 0 Å². The Labute approximate surface area is 198 Å². The van der Waals surface area contributed by atoms with E-state index in [9.17, 15) is 9.59 Å². The van der Waals surface area contributed by atoms with E-state index in [1.54, 1.807) is 18.2 Å². The molecule has 34 heavy (non-hydrogen) atoms. The van der Waals surface area contributed by atoms with Crippen molar-refractivity contribution < 1.29 is 18.7 Å². The minimum atomic E-state index is -0.527. The molecule has 4 rings (SSSR count). The SMILES string of the molecule is Cc1ccc(/C=C/C(=O)Oc2ccc3c(=O)c(Oc4ccc(C(C)(C)C)cc4)coc3c2)cc1. The number of esters is 1. The normalized spacial score (nSPS) is 11.6. The van der Waals surface area contributed by atoms with Crippen LogP contribution in [-0.4, -0.2) is 5.97 Å². The van der Waals surface area contributed by atoms with Gasteiger partial charge >= 0.3 is 5.97 Å². The smallest absolute Gasteiger partial charge is 0.336 e. The molecule has 1 heterocycles. The molecule has 0 amide bonds. The molecule has 0 saturated carbocycles. The maximum atomic E-state index is 12.9. The van der Waals surface area contributed by atoms with Crippen LogP contribution in [-0.2, 0) is 10.2 Å². The van der Waals surface area contributed by atoms with Crippen molar-refractivity contribution in [3.05, 3.63) is 106 Å². The minimum absolute atomic E-state index is 0.0259. The first-order valence-electron chi connectivity index (χ1n) is 11.0. The minimum Gasteiger partial charge on any atom is -0.460 e. The van der Waals surface area contributed by atoms with E-state index in [0.29, 0.717) is 16.7 Å². The highest BCUT2D eigenvalue weighted by atomic mass is 16.5. The molecule has 3 aromatic carbocycles. The zero-order valence-electron chi connectivity index (χ0n) is 19.6. The third kappa shape index (κ3) is 5.44. The Balaban J connectivity index is 1.48. The molecule has 5 nitrogen and oxygen atoms in total. The molecule has 4 aromatic rings. The molecular weight excluding hydrogens is 428 g/mol. The first kappa shape index (κ1) is 23.1. The summed E-state index contributed by atoms with van der Waals surface area (Å²) in [5.74, 6) is 0.383. The molecule has 0 unspecified atom stereocenters. The predicted molar refractivity (Wildman–Crippen MR) is 134 cm³/mol. The van der Waals surface area contributed by atoms with Crippen LogP contribution in [0.15, 0.2) is 88.3 Å². The van der Waals surface area contributed by atoms with Crippen LogP contribution in [0.25, 0.3) is 17.0 Å². The van der Waals surface area contributed by atoms with Gasteiger partial charge in [0.05, 0.1) is 5.39 Å². The lowest BCUT2D eigenvalue weighted by Gasteiger charge is -2.19. The summed E-state index contributed by atoms with van der Waals surface area (Å²) in [5, 5.41) is 0.332. The molecule has 0 radical (unpaired) electrons. The Morgan fingerprint density at radius 3 is 2.26 bits per heavy atom. The van der Waals surface area contributed by atoms with E-state index >= 15 is 0 Å². The zero-order valence-corrected chi connectivity index (χ0v) is 19.6. The van der Waals surface area contributed by atoms with Gasteiger partial charge in [0.15, 0.2) is 0 Å². The lowest BCUT2D eigenvalue weighted by molar-refractivity contribution is -0.128. The van der Waals surface area contributed by atoms with E-state index in [2.05, 4.69) is 20.8 Å². The fourth-order valence-corrected chi connectivity index (χ4v) is 3.37. The van der Waals surface area contributed by atoms with Gasteiger partial charge in [-0.25, -0.2) is 4.79 Å². The summed E-state index contributed by atoms with van der Waals surface area (Å²) in [5.41, 5.74) is 3.22. The molecule has 0 aliphatic heterocycles. The van der Waals surface area contributed by atoms with Crippen molar-refractivity contribution in [2.24, 2.45) is 0 Å². The maximum absolute atomic E-state index is 12.9. The lowest BCUT2D eigenvalue weighted by Crippen LogP contribution is -2.10. The average Bonchev–Trinajstić information content (AvgIpc) is 2.80. The van der Waals surface area contributed by atoms with E-state index < -0.39 is 5.97 Å². The van der Waals surface area contributed by atoms with Gasteiger partial charge in [0, 0.05) is 12.1 Å². The Morgan fingerprint density at radius 2 is 1.59 bits per heavy atom. The number of aryl methyl sites for hydroxylation is 1. The molecule has 0 saturated heterocycles. The van der Waals surface area contributed by atoms with Crippen molar-refractivity contribution in [1.82, 2.24) is 0 Å². The third-order valence-corrected chi connectivity index (χ3v) is 5.37. The number of hydrogen-bond donors (Lipinski definition) is 0. The van der Waals surface area contributed by atoms with Gasteiger partial charge in [0.25, 0.3) is 0 Å². The van der Waals surface area contributed by atoms with E-state index in [1.165, 1.54) is 24.0 Å². The highest BCUT2D eigenvalue weighted by Gasteiger charge is 2.14. The van der Waals surface area contributed by atoms with Gasteiger partial charge in [0.2, 0.25) is 11.2 Å². The topological polar surface area (TPSA) is 65.7 Å². The molecule has 0 spiro atoms. The van der Waals surface area contributed by atoms with Crippen LogP contribution in [0, 0.1) is 6.92 Å². The van der Waals surface area contributed by atoms with Crippen LogP contribution in [0.1, 0.15) is 37.5 Å². The highest BCUT2D eigenvalue weighted by molar-refractivity contribution is 5.89. The van der Waals surface area contributed by atoms with Gasteiger partial charge in [-0.2, -0.15) is 0 Å². The van der Waals surface area contributed by atoms with Crippen molar-refractivity contribution >= 4 is 23.0 Å². The first-order valence-corrected chi connectivity index (χ1v) is 11.0. The van der Waals surface area contributed by atoms with E-state index in [4.69, 9.17) is 13.9 Å². The van der Waals surface area contributed by atoms with Gasteiger partial charge in [-0.1, -0.05) is 62.7 Å². The monoisotopic (exact) mass is 454 g/mol. The van der Waals surface area contributed by atoms with Gasteiger partial charge in [-0.3, -0.25) is 4.79 Å². The molecule has 0 bridgehead atoms. The Morgan fingerprint density at radius 1 is 0.912 bits per heavy atom. The zero-order chi connectivity index (χ0) is 24.3. The molecule has 0 fully saturated rings. The van der Waals surface area contributed by atoms with Gasteiger partial charge < -0.3 is 13.9 Å². The first-order chi connectivity index (χ1) is 16.2.